The molecule has 1 atom stereocenters. The van der Waals surface area contributed by atoms with E-state index in [1.54, 1.807) is 4.90 Å². The van der Waals surface area contributed by atoms with Crippen molar-refractivity contribution in [3.8, 4) is 0 Å². The van der Waals surface area contributed by atoms with Gasteiger partial charge in [-0.15, -0.1) is 0 Å². The number of carbonyl (C=O) groups excluding carboxylic acids is 3. The number of hydrogen-bond donors (Lipinski definition) is 2. The smallest absolute Gasteiger partial charge is 0.255 e. The Balaban J connectivity index is 1.14. The number of piperidine rings is 2. The van der Waals surface area contributed by atoms with E-state index in [0.717, 1.165) is 74.6 Å². The van der Waals surface area contributed by atoms with Crippen LogP contribution in [0.25, 0.3) is 0 Å². The summed E-state index contributed by atoms with van der Waals surface area (Å²) < 4.78 is 2.37. The lowest BCUT2D eigenvalue weighted by Crippen LogP contribution is -2.52. The van der Waals surface area contributed by atoms with E-state index in [1.807, 2.05) is 18.2 Å². The molecule has 2 saturated heterocycles. The highest BCUT2D eigenvalue weighted by atomic mass is 16.2. The molecule has 5 heterocycles. The van der Waals surface area contributed by atoms with E-state index < -0.39 is 6.04 Å². The molecule has 6 rings (SSSR count). The van der Waals surface area contributed by atoms with Crippen LogP contribution in [0.4, 0.5) is 0 Å². The molecule has 9 nitrogen and oxygen atoms in total. The van der Waals surface area contributed by atoms with Crippen molar-refractivity contribution in [2.45, 2.75) is 70.7 Å². The average Bonchev–Trinajstić information content (AvgIpc) is 3.37. The molecule has 4 aliphatic rings. The number of likely N-dealkylation sites (tertiary alicyclic amines) is 1. The summed E-state index contributed by atoms with van der Waals surface area (Å²) in [6.07, 6.45) is 2.79. The van der Waals surface area contributed by atoms with Gasteiger partial charge in [-0.2, -0.15) is 0 Å². The van der Waals surface area contributed by atoms with E-state index >= 15 is 0 Å². The molecule has 3 amide bonds. The Labute approximate surface area is 204 Å². The number of imide groups is 1. The van der Waals surface area contributed by atoms with Gasteiger partial charge in [-0.25, -0.2) is 4.98 Å². The monoisotopic (exact) mass is 476 g/mol. The topological polar surface area (TPSA) is 99.6 Å². The largest absolute Gasteiger partial charge is 0.330 e. The zero-order valence-electron chi connectivity index (χ0n) is 20.2. The molecule has 2 aromatic rings. The highest BCUT2D eigenvalue weighted by molar-refractivity contribution is 6.06. The molecule has 2 N–H and O–H groups in total. The Morgan fingerprint density at radius 3 is 2.71 bits per heavy atom. The number of rotatable bonds is 4. The van der Waals surface area contributed by atoms with E-state index in [-0.39, 0.29) is 24.1 Å². The second kappa shape index (κ2) is 8.87. The van der Waals surface area contributed by atoms with Crippen LogP contribution in [0.3, 0.4) is 0 Å². The van der Waals surface area contributed by atoms with Crippen LogP contribution in [0, 0.1) is 6.92 Å². The third-order valence-electron chi connectivity index (χ3n) is 8.11. The minimum Gasteiger partial charge on any atom is -0.330 e. The van der Waals surface area contributed by atoms with Crippen molar-refractivity contribution in [2.75, 3.05) is 19.6 Å². The number of benzene rings is 1. The summed E-state index contributed by atoms with van der Waals surface area (Å²) >= 11 is 0. The number of nitrogens with zero attached hydrogens (tertiary/aromatic N) is 4. The summed E-state index contributed by atoms with van der Waals surface area (Å²) in [6.45, 7) is 8.11. The summed E-state index contributed by atoms with van der Waals surface area (Å²) in [4.78, 5) is 46.3. The predicted octanol–water partition coefficient (Wildman–Crippen LogP) is 1.44. The van der Waals surface area contributed by atoms with Crippen LogP contribution in [0.2, 0.25) is 0 Å². The fourth-order valence-electron chi connectivity index (χ4n) is 6.27. The Kier molecular flexibility index (Phi) is 5.69. The van der Waals surface area contributed by atoms with Gasteiger partial charge in [0.25, 0.3) is 5.91 Å². The number of nitrogens with one attached hydrogen (secondary N) is 2. The van der Waals surface area contributed by atoms with Crippen molar-refractivity contribution in [3.05, 3.63) is 52.1 Å². The fraction of sp³-hybridized carbons (Fsp3) is 0.538. The van der Waals surface area contributed by atoms with Gasteiger partial charge in [0.1, 0.15) is 11.9 Å². The minimum atomic E-state index is -0.574. The summed E-state index contributed by atoms with van der Waals surface area (Å²) in [5.41, 5.74) is 5.36. The van der Waals surface area contributed by atoms with Crippen molar-refractivity contribution in [3.63, 3.8) is 0 Å². The molecule has 1 unspecified atom stereocenters. The number of amides is 3. The molecule has 35 heavy (non-hydrogen) atoms. The van der Waals surface area contributed by atoms with Crippen LogP contribution in [-0.2, 0) is 35.8 Å². The predicted molar refractivity (Wildman–Crippen MR) is 128 cm³/mol. The fourth-order valence-corrected chi connectivity index (χ4v) is 6.27. The zero-order chi connectivity index (χ0) is 24.1. The molecule has 0 aliphatic carbocycles. The number of aryl methyl sites for hydroxylation is 1. The molecule has 4 aliphatic heterocycles. The number of fused-ring (bicyclic) bond motifs is 2. The van der Waals surface area contributed by atoms with E-state index in [2.05, 4.69) is 27.0 Å². The maximum Gasteiger partial charge on any atom is 0.255 e. The van der Waals surface area contributed by atoms with Gasteiger partial charge in [-0.1, -0.05) is 18.2 Å². The van der Waals surface area contributed by atoms with E-state index in [4.69, 9.17) is 4.98 Å². The molecule has 1 aromatic heterocycles. The van der Waals surface area contributed by atoms with Crippen molar-refractivity contribution in [2.24, 2.45) is 0 Å². The average molecular weight is 477 g/mol. The second-order valence-electron chi connectivity index (χ2n) is 10.2. The number of hydrogen-bond acceptors (Lipinski definition) is 6. The normalized spacial score (nSPS) is 23.4. The Bertz CT molecular complexity index is 1200. The molecular formula is C26H32N6O3. The van der Waals surface area contributed by atoms with Crippen molar-refractivity contribution in [1.29, 1.82) is 0 Å². The van der Waals surface area contributed by atoms with Crippen LogP contribution < -0.4 is 10.6 Å². The SMILES string of the molecule is Cc1nc(C2CCN(Cc3cccc4c3C(=O)N(C3CCC(=O)NC3=O)C4)CC2)c2n1CCNC2. The van der Waals surface area contributed by atoms with Crippen molar-refractivity contribution in [1.82, 2.24) is 30.0 Å². The number of carbonyl (C=O) groups is 3. The van der Waals surface area contributed by atoms with Crippen LogP contribution in [0.15, 0.2) is 18.2 Å². The summed E-state index contributed by atoms with van der Waals surface area (Å²) in [7, 11) is 0. The molecule has 0 spiro atoms. The zero-order valence-corrected chi connectivity index (χ0v) is 20.2. The highest BCUT2D eigenvalue weighted by Crippen LogP contribution is 2.34. The first-order valence-corrected chi connectivity index (χ1v) is 12.7. The van der Waals surface area contributed by atoms with Gasteiger partial charge in [0.15, 0.2) is 0 Å². The van der Waals surface area contributed by atoms with Gasteiger partial charge in [0.2, 0.25) is 11.8 Å². The van der Waals surface area contributed by atoms with Crippen LogP contribution in [0.5, 0.6) is 0 Å². The van der Waals surface area contributed by atoms with Crippen LogP contribution in [-0.4, -0.2) is 62.7 Å². The molecule has 0 bridgehead atoms. The minimum absolute atomic E-state index is 0.0902. The Morgan fingerprint density at radius 1 is 1.09 bits per heavy atom. The molecule has 2 fully saturated rings. The van der Waals surface area contributed by atoms with Gasteiger partial charge < -0.3 is 14.8 Å². The lowest BCUT2D eigenvalue weighted by molar-refractivity contribution is -0.136. The molecule has 184 valence electrons. The van der Waals surface area contributed by atoms with Gasteiger partial charge in [-0.3, -0.25) is 24.6 Å². The van der Waals surface area contributed by atoms with Crippen LogP contribution in [0.1, 0.15) is 70.3 Å². The second-order valence-corrected chi connectivity index (χ2v) is 10.2. The van der Waals surface area contributed by atoms with E-state index in [0.29, 0.717) is 18.9 Å². The highest BCUT2D eigenvalue weighted by Gasteiger charge is 2.40. The number of aromatic nitrogens is 2. The van der Waals surface area contributed by atoms with Crippen molar-refractivity contribution < 1.29 is 14.4 Å². The molecule has 0 radical (unpaired) electrons. The van der Waals surface area contributed by atoms with E-state index in [1.165, 1.54) is 11.4 Å². The standard InChI is InChI=1S/C26H32N6O3/c1-16-28-24(21-13-27-9-12-31(16)21)17-7-10-30(11-8-17)14-18-3-2-4-19-15-32(26(35)23(18)19)20-5-6-22(33)29-25(20)34/h2-4,17,20,27H,5-15H2,1H3,(H,29,33,34). The Hall–Kier alpha value is -3.04. The van der Waals surface area contributed by atoms with Crippen molar-refractivity contribution >= 4 is 17.7 Å². The van der Waals surface area contributed by atoms with Gasteiger partial charge in [0, 0.05) is 50.6 Å². The molecule has 1 aromatic carbocycles. The van der Waals surface area contributed by atoms with Crippen LogP contribution >= 0.6 is 0 Å². The lowest BCUT2D eigenvalue weighted by atomic mass is 9.91. The third-order valence-corrected chi connectivity index (χ3v) is 8.11. The number of imidazole rings is 1. The van der Waals surface area contributed by atoms with Gasteiger partial charge in [-0.05, 0) is 50.4 Å². The third kappa shape index (κ3) is 3.96. The first kappa shape index (κ1) is 22.4. The first-order chi connectivity index (χ1) is 17.0. The maximum atomic E-state index is 13.4. The quantitative estimate of drug-likeness (QED) is 0.648. The molecular weight excluding hydrogens is 444 g/mol. The molecule has 9 heteroatoms. The summed E-state index contributed by atoms with van der Waals surface area (Å²) in [5, 5.41) is 5.87. The first-order valence-electron chi connectivity index (χ1n) is 12.7. The Morgan fingerprint density at radius 2 is 1.91 bits per heavy atom. The maximum absolute atomic E-state index is 13.4. The molecule has 0 saturated carbocycles. The lowest BCUT2D eigenvalue weighted by Gasteiger charge is -2.32. The summed E-state index contributed by atoms with van der Waals surface area (Å²) in [5.74, 6) is 0.887. The van der Waals surface area contributed by atoms with E-state index in [9.17, 15) is 14.4 Å². The van der Waals surface area contributed by atoms with Gasteiger partial charge in [0.05, 0.1) is 11.4 Å². The summed E-state index contributed by atoms with van der Waals surface area (Å²) in [6, 6.07) is 5.45. The van der Waals surface area contributed by atoms with Gasteiger partial charge >= 0.3 is 0 Å².